The highest BCUT2D eigenvalue weighted by atomic mass is 19.1. The van der Waals surface area contributed by atoms with Crippen LogP contribution in [0.2, 0.25) is 0 Å². The van der Waals surface area contributed by atoms with Crippen LogP contribution in [-0.4, -0.2) is 20.5 Å². The van der Waals surface area contributed by atoms with Crippen molar-refractivity contribution < 1.29 is 18.7 Å². The van der Waals surface area contributed by atoms with Crippen molar-refractivity contribution >= 4 is 17.3 Å². The number of aromatic carboxylic acids is 1. The Balaban J connectivity index is 1.98. The van der Waals surface area contributed by atoms with E-state index in [9.17, 15) is 18.7 Å². The Hall–Kier alpha value is -2.96. The largest absolute Gasteiger partial charge is 0.476 e. The van der Waals surface area contributed by atoms with E-state index >= 15 is 0 Å². The van der Waals surface area contributed by atoms with E-state index in [1.807, 2.05) is 0 Å². The fourth-order valence-corrected chi connectivity index (χ4v) is 2.42. The summed E-state index contributed by atoms with van der Waals surface area (Å²) in [5.74, 6) is -2.49. The fraction of sp³-hybridized carbons (Fsp3) is 0.125. The minimum atomic E-state index is -1.17. The number of carboxylic acid groups (broad SMARTS) is 1. The molecule has 0 fully saturated rings. The molecule has 3 aromatic rings. The number of halogens is 2. The maximum Gasteiger partial charge on any atom is 0.355 e. The van der Waals surface area contributed by atoms with Gasteiger partial charge < -0.3 is 10.4 Å². The number of imidazole rings is 1. The maximum atomic E-state index is 14.0. The van der Waals surface area contributed by atoms with Gasteiger partial charge in [0.2, 0.25) is 0 Å². The lowest BCUT2D eigenvalue weighted by Crippen LogP contribution is -2.12. The zero-order valence-electron chi connectivity index (χ0n) is 12.2. The van der Waals surface area contributed by atoms with Gasteiger partial charge in [0.25, 0.3) is 0 Å². The number of rotatable bonds is 4. The van der Waals surface area contributed by atoms with E-state index in [1.54, 1.807) is 13.0 Å². The molecule has 2 N–H and O–H groups in total. The Bertz CT molecular complexity index is 906. The topological polar surface area (TPSA) is 66.6 Å². The molecule has 23 heavy (non-hydrogen) atoms. The predicted octanol–water partition coefficient (Wildman–Crippen LogP) is 3.23. The Morgan fingerprint density at radius 3 is 2.83 bits per heavy atom. The number of carbonyl (C=O) groups is 1. The molecular formula is C16H13F2N3O2. The Kier molecular flexibility index (Phi) is 3.69. The monoisotopic (exact) mass is 317 g/mol. The number of fused-ring (bicyclic) bond motifs is 1. The second kappa shape index (κ2) is 5.68. The van der Waals surface area contributed by atoms with E-state index in [1.165, 1.54) is 35.0 Å². The normalized spacial score (nSPS) is 10.9. The molecule has 5 nitrogen and oxygen atoms in total. The van der Waals surface area contributed by atoms with Gasteiger partial charge in [-0.15, -0.1) is 0 Å². The van der Waals surface area contributed by atoms with Gasteiger partial charge in [-0.25, -0.2) is 18.6 Å². The summed E-state index contributed by atoms with van der Waals surface area (Å²) in [5, 5.41) is 12.2. The maximum absolute atomic E-state index is 14.0. The molecule has 0 unspecified atom stereocenters. The van der Waals surface area contributed by atoms with E-state index in [-0.39, 0.29) is 23.5 Å². The van der Waals surface area contributed by atoms with Crippen molar-refractivity contribution in [1.29, 1.82) is 0 Å². The first kappa shape index (κ1) is 15.0. The van der Waals surface area contributed by atoms with Crippen LogP contribution in [-0.2, 0) is 6.54 Å². The Labute approximate surface area is 130 Å². The molecule has 0 aliphatic carbocycles. The van der Waals surface area contributed by atoms with Crippen molar-refractivity contribution in [2.75, 3.05) is 5.32 Å². The van der Waals surface area contributed by atoms with Crippen LogP contribution in [0.15, 0.2) is 36.7 Å². The number of hydrogen-bond donors (Lipinski definition) is 2. The van der Waals surface area contributed by atoms with Gasteiger partial charge in [0.1, 0.15) is 17.3 Å². The van der Waals surface area contributed by atoms with Crippen molar-refractivity contribution in [3.05, 3.63) is 65.1 Å². The van der Waals surface area contributed by atoms with Crippen LogP contribution in [0.3, 0.4) is 0 Å². The van der Waals surface area contributed by atoms with E-state index in [2.05, 4.69) is 10.3 Å². The molecule has 0 saturated heterocycles. The van der Waals surface area contributed by atoms with Gasteiger partial charge in [-0.1, -0.05) is 6.07 Å². The number of aryl methyl sites for hydroxylation is 1. The summed E-state index contributed by atoms with van der Waals surface area (Å²) in [6.45, 7) is 1.37. The zero-order valence-corrected chi connectivity index (χ0v) is 12.2. The summed E-state index contributed by atoms with van der Waals surface area (Å²) < 4.78 is 29.2. The van der Waals surface area contributed by atoms with E-state index in [4.69, 9.17) is 0 Å². The first-order valence-electron chi connectivity index (χ1n) is 6.85. The average molecular weight is 317 g/mol. The van der Waals surface area contributed by atoms with Crippen molar-refractivity contribution in [2.45, 2.75) is 13.5 Å². The van der Waals surface area contributed by atoms with Gasteiger partial charge in [-0.05, 0) is 30.7 Å². The molecule has 0 atom stereocenters. The second-order valence-electron chi connectivity index (χ2n) is 5.07. The highest BCUT2D eigenvalue weighted by Gasteiger charge is 2.17. The third-order valence-electron chi connectivity index (χ3n) is 3.60. The molecule has 0 saturated carbocycles. The van der Waals surface area contributed by atoms with Crippen LogP contribution in [0.1, 0.15) is 21.6 Å². The summed E-state index contributed by atoms with van der Waals surface area (Å²) >= 11 is 0. The quantitative estimate of drug-likeness (QED) is 0.775. The summed E-state index contributed by atoms with van der Waals surface area (Å²) in [4.78, 5) is 15.5. The van der Waals surface area contributed by atoms with Crippen molar-refractivity contribution in [3.8, 4) is 0 Å². The van der Waals surface area contributed by atoms with Gasteiger partial charge in [-0.3, -0.25) is 4.40 Å². The van der Waals surface area contributed by atoms with Crippen LogP contribution >= 0.6 is 0 Å². The first-order valence-corrected chi connectivity index (χ1v) is 6.85. The van der Waals surface area contributed by atoms with Crippen LogP contribution in [0.5, 0.6) is 0 Å². The fourth-order valence-electron chi connectivity index (χ4n) is 2.42. The first-order chi connectivity index (χ1) is 11.0. The smallest absolute Gasteiger partial charge is 0.355 e. The van der Waals surface area contributed by atoms with Crippen molar-refractivity contribution in [2.24, 2.45) is 0 Å². The molecule has 0 radical (unpaired) electrons. The average Bonchev–Trinajstić information content (AvgIpc) is 2.98. The second-order valence-corrected chi connectivity index (χ2v) is 5.07. The number of nitrogens with one attached hydrogen (secondary N) is 1. The summed E-state index contributed by atoms with van der Waals surface area (Å²) in [6.07, 6.45) is 2.99. The van der Waals surface area contributed by atoms with E-state index in [0.29, 0.717) is 11.2 Å². The highest BCUT2D eigenvalue weighted by Crippen LogP contribution is 2.21. The molecule has 3 rings (SSSR count). The Morgan fingerprint density at radius 1 is 1.30 bits per heavy atom. The minimum Gasteiger partial charge on any atom is -0.476 e. The number of anilines is 1. The van der Waals surface area contributed by atoms with Crippen LogP contribution < -0.4 is 5.32 Å². The van der Waals surface area contributed by atoms with Crippen molar-refractivity contribution in [3.63, 3.8) is 0 Å². The number of aromatic nitrogens is 2. The number of benzene rings is 1. The molecule has 7 heteroatoms. The number of pyridine rings is 1. The van der Waals surface area contributed by atoms with Crippen molar-refractivity contribution in [1.82, 2.24) is 9.38 Å². The third kappa shape index (κ3) is 2.61. The number of hydrogen-bond acceptors (Lipinski definition) is 3. The zero-order chi connectivity index (χ0) is 16.6. The molecule has 1 aromatic carbocycles. The van der Waals surface area contributed by atoms with Gasteiger partial charge in [-0.2, -0.15) is 0 Å². The summed E-state index contributed by atoms with van der Waals surface area (Å²) in [5.41, 5.74) is 0.872. The van der Waals surface area contributed by atoms with Crippen LogP contribution in [0.25, 0.3) is 5.65 Å². The molecule has 0 bridgehead atoms. The Morgan fingerprint density at radius 2 is 2.09 bits per heavy atom. The predicted molar refractivity (Wildman–Crippen MR) is 80.6 cm³/mol. The standard InChI is InChI=1S/C16H13F2N3O2/c1-9-2-3-11(17)10(14(9)18)8-20-12-4-5-13-19-6-7-21(13)15(12)16(22)23/h2-7,20H,8H2,1H3,(H,22,23). The number of nitrogens with zero attached hydrogens (tertiary/aromatic N) is 2. The van der Waals surface area contributed by atoms with E-state index < -0.39 is 17.6 Å². The number of carboxylic acids is 1. The molecule has 2 aromatic heterocycles. The summed E-state index contributed by atoms with van der Waals surface area (Å²) in [7, 11) is 0. The van der Waals surface area contributed by atoms with E-state index in [0.717, 1.165) is 0 Å². The molecular weight excluding hydrogens is 304 g/mol. The van der Waals surface area contributed by atoms with Crippen LogP contribution in [0, 0.1) is 18.6 Å². The van der Waals surface area contributed by atoms with Crippen LogP contribution in [0.4, 0.5) is 14.5 Å². The van der Waals surface area contributed by atoms with Gasteiger partial charge in [0, 0.05) is 24.5 Å². The lowest BCUT2D eigenvalue weighted by atomic mass is 10.1. The SMILES string of the molecule is Cc1ccc(F)c(CNc2ccc3nccn3c2C(=O)O)c1F. The highest BCUT2D eigenvalue weighted by molar-refractivity contribution is 5.93. The molecule has 0 spiro atoms. The van der Waals surface area contributed by atoms with Gasteiger partial charge in [0.15, 0.2) is 5.69 Å². The van der Waals surface area contributed by atoms with Gasteiger partial charge in [0.05, 0.1) is 5.69 Å². The molecule has 0 amide bonds. The minimum absolute atomic E-state index is 0.0477. The van der Waals surface area contributed by atoms with Gasteiger partial charge >= 0.3 is 5.97 Å². The molecule has 0 aliphatic rings. The summed E-state index contributed by atoms with van der Waals surface area (Å²) in [6, 6.07) is 5.69. The molecule has 2 heterocycles. The lowest BCUT2D eigenvalue weighted by molar-refractivity contribution is 0.0690. The third-order valence-corrected chi connectivity index (χ3v) is 3.60. The molecule has 0 aliphatic heterocycles. The lowest BCUT2D eigenvalue weighted by Gasteiger charge is -2.13. The molecule has 118 valence electrons.